The van der Waals surface area contributed by atoms with E-state index in [1.54, 1.807) is 0 Å². The molecule has 0 aromatic rings. The van der Waals surface area contributed by atoms with Crippen molar-refractivity contribution in [2.24, 2.45) is 5.92 Å². The fraction of sp³-hybridized carbons (Fsp3) is 0.929. The van der Waals surface area contributed by atoms with E-state index in [1.165, 1.54) is 19.3 Å². The van der Waals surface area contributed by atoms with Gasteiger partial charge in [0.25, 0.3) is 0 Å². The molecule has 104 valence electrons. The topological polar surface area (TPSA) is 61.4 Å². The van der Waals surface area contributed by atoms with Crippen LogP contribution in [-0.4, -0.2) is 29.3 Å². The van der Waals surface area contributed by atoms with Gasteiger partial charge in [-0.1, -0.05) is 32.6 Å². The van der Waals surface area contributed by atoms with E-state index in [-0.39, 0.29) is 6.03 Å². The van der Waals surface area contributed by atoms with Crippen molar-refractivity contribution in [3.05, 3.63) is 0 Å². The summed E-state index contributed by atoms with van der Waals surface area (Å²) in [6.07, 6.45) is 8.47. The zero-order chi connectivity index (χ0) is 13.0. The highest BCUT2D eigenvalue weighted by molar-refractivity contribution is 5.74. The van der Waals surface area contributed by atoms with Crippen molar-refractivity contribution in [2.75, 3.05) is 6.54 Å². The van der Waals surface area contributed by atoms with Crippen molar-refractivity contribution >= 4 is 6.03 Å². The Labute approximate surface area is 110 Å². The molecule has 2 saturated carbocycles. The third-order valence-corrected chi connectivity index (χ3v) is 4.34. The molecule has 0 heterocycles. The van der Waals surface area contributed by atoms with Gasteiger partial charge in [0, 0.05) is 12.6 Å². The summed E-state index contributed by atoms with van der Waals surface area (Å²) in [7, 11) is 0. The van der Waals surface area contributed by atoms with E-state index in [2.05, 4.69) is 17.6 Å². The van der Waals surface area contributed by atoms with Crippen molar-refractivity contribution in [1.29, 1.82) is 0 Å². The second-order valence-corrected chi connectivity index (χ2v) is 6.23. The molecule has 2 rings (SSSR count). The second kappa shape index (κ2) is 5.91. The summed E-state index contributed by atoms with van der Waals surface area (Å²) in [5, 5.41) is 16.2. The largest absolute Gasteiger partial charge is 0.388 e. The van der Waals surface area contributed by atoms with Gasteiger partial charge >= 0.3 is 6.03 Å². The Morgan fingerprint density at radius 2 is 2.00 bits per heavy atom. The lowest BCUT2D eigenvalue weighted by atomic mass is 9.79. The number of rotatable bonds is 3. The van der Waals surface area contributed by atoms with E-state index >= 15 is 0 Å². The van der Waals surface area contributed by atoms with Gasteiger partial charge in [-0.15, -0.1) is 0 Å². The van der Waals surface area contributed by atoms with Crippen LogP contribution in [0.25, 0.3) is 0 Å². The number of hydrogen-bond acceptors (Lipinski definition) is 2. The molecule has 2 aliphatic rings. The third kappa shape index (κ3) is 3.87. The van der Waals surface area contributed by atoms with Gasteiger partial charge in [-0.2, -0.15) is 0 Å². The number of carbonyl (C=O) groups is 1. The van der Waals surface area contributed by atoms with Crippen molar-refractivity contribution in [3.63, 3.8) is 0 Å². The minimum Gasteiger partial charge on any atom is -0.388 e. The van der Waals surface area contributed by atoms with Crippen LogP contribution in [0.15, 0.2) is 0 Å². The SMILES string of the molecule is CC1CCCC(O)(CNC(=O)NC2CCCC2)C1. The highest BCUT2D eigenvalue weighted by atomic mass is 16.3. The Bertz CT molecular complexity index is 290. The van der Waals surface area contributed by atoms with Crippen LogP contribution in [-0.2, 0) is 0 Å². The van der Waals surface area contributed by atoms with Gasteiger partial charge in [-0.3, -0.25) is 0 Å². The molecule has 0 saturated heterocycles. The van der Waals surface area contributed by atoms with Gasteiger partial charge in [0.2, 0.25) is 0 Å². The van der Waals surface area contributed by atoms with Crippen LogP contribution in [0.5, 0.6) is 0 Å². The Kier molecular flexibility index (Phi) is 4.49. The highest BCUT2D eigenvalue weighted by Crippen LogP contribution is 2.31. The molecule has 18 heavy (non-hydrogen) atoms. The maximum atomic E-state index is 11.7. The molecule has 0 bridgehead atoms. The normalized spacial score (nSPS) is 33.3. The van der Waals surface area contributed by atoms with Gasteiger partial charge in [-0.05, 0) is 31.6 Å². The number of carbonyl (C=O) groups excluding carboxylic acids is 1. The molecule has 2 amide bonds. The summed E-state index contributed by atoms with van der Waals surface area (Å²) in [6, 6.07) is 0.221. The number of nitrogens with one attached hydrogen (secondary N) is 2. The maximum Gasteiger partial charge on any atom is 0.315 e. The molecule has 0 aromatic heterocycles. The zero-order valence-corrected chi connectivity index (χ0v) is 11.4. The second-order valence-electron chi connectivity index (χ2n) is 6.23. The Morgan fingerprint density at radius 1 is 1.28 bits per heavy atom. The minimum atomic E-state index is -0.690. The summed E-state index contributed by atoms with van der Waals surface area (Å²) >= 11 is 0. The lowest BCUT2D eigenvalue weighted by Gasteiger charge is -2.35. The fourth-order valence-electron chi connectivity index (χ4n) is 3.34. The smallest absolute Gasteiger partial charge is 0.315 e. The third-order valence-electron chi connectivity index (χ3n) is 4.34. The molecule has 4 nitrogen and oxygen atoms in total. The standard InChI is InChI=1S/C14H26N2O2/c1-11-5-4-8-14(18,9-11)10-15-13(17)16-12-6-2-3-7-12/h11-12,18H,2-10H2,1H3,(H2,15,16,17). The number of hydrogen-bond donors (Lipinski definition) is 3. The molecule has 2 fully saturated rings. The molecule has 2 aliphatic carbocycles. The van der Waals surface area contributed by atoms with Crippen molar-refractivity contribution in [2.45, 2.75) is 69.9 Å². The van der Waals surface area contributed by atoms with Crippen LogP contribution in [0.2, 0.25) is 0 Å². The van der Waals surface area contributed by atoms with Gasteiger partial charge in [0.15, 0.2) is 0 Å². The van der Waals surface area contributed by atoms with Crippen LogP contribution in [0, 0.1) is 5.92 Å². The van der Waals surface area contributed by atoms with Crippen molar-refractivity contribution in [3.8, 4) is 0 Å². The Hall–Kier alpha value is -0.770. The first-order valence-corrected chi connectivity index (χ1v) is 7.34. The summed E-state index contributed by atoms with van der Waals surface area (Å²) < 4.78 is 0. The van der Waals surface area contributed by atoms with Crippen molar-refractivity contribution < 1.29 is 9.90 Å². The predicted octanol–water partition coefficient (Wildman–Crippen LogP) is 2.17. The van der Waals surface area contributed by atoms with Crippen LogP contribution in [0.3, 0.4) is 0 Å². The quantitative estimate of drug-likeness (QED) is 0.723. The van der Waals surface area contributed by atoms with E-state index in [4.69, 9.17) is 0 Å². The van der Waals surface area contributed by atoms with E-state index in [9.17, 15) is 9.90 Å². The van der Waals surface area contributed by atoms with Crippen LogP contribution < -0.4 is 10.6 Å². The molecule has 2 atom stereocenters. The molecule has 4 heteroatoms. The average Bonchev–Trinajstić information content (AvgIpc) is 2.79. The summed E-state index contributed by atoms with van der Waals surface area (Å²) in [5.41, 5.74) is -0.690. The first-order chi connectivity index (χ1) is 8.57. The van der Waals surface area contributed by atoms with Crippen LogP contribution >= 0.6 is 0 Å². The molecule has 0 radical (unpaired) electrons. The van der Waals surface area contributed by atoms with Crippen LogP contribution in [0.4, 0.5) is 4.79 Å². The summed E-state index contributed by atoms with van der Waals surface area (Å²) in [5.74, 6) is 0.559. The number of urea groups is 1. The molecule has 3 N–H and O–H groups in total. The summed E-state index contributed by atoms with van der Waals surface area (Å²) in [6.45, 7) is 2.55. The molecular formula is C14H26N2O2. The van der Waals surface area contributed by atoms with E-state index in [0.717, 1.165) is 32.1 Å². The number of aliphatic hydroxyl groups is 1. The molecule has 2 unspecified atom stereocenters. The molecule has 0 spiro atoms. The maximum absolute atomic E-state index is 11.7. The molecule has 0 aliphatic heterocycles. The zero-order valence-electron chi connectivity index (χ0n) is 11.4. The fourth-order valence-corrected chi connectivity index (χ4v) is 3.34. The average molecular weight is 254 g/mol. The Balaban J connectivity index is 1.71. The molecular weight excluding hydrogens is 228 g/mol. The number of amides is 2. The summed E-state index contributed by atoms with van der Waals surface area (Å²) in [4.78, 5) is 11.7. The first kappa shape index (κ1) is 13.7. The van der Waals surface area contributed by atoms with Gasteiger partial charge in [0.1, 0.15) is 0 Å². The van der Waals surface area contributed by atoms with Gasteiger partial charge in [-0.25, -0.2) is 4.79 Å². The van der Waals surface area contributed by atoms with Crippen LogP contribution in [0.1, 0.15) is 58.3 Å². The van der Waals surface area contributed by atoms with Gasteiger partial charge < -0.3 is 15.7 Å². The highest BCUT2D eigenvalue weighted by Gasteiger charge is 2.33. The van der Waals surface area contributed by atoms with Crippen molar-refractivity contribution in [1.82, 2.24) is 10.6 Å². The Morgan fingerprint density at radius 3 is 2.67 bits per heavy atom. The molecule has 0 aromatic carbocycles. The monoisotopic (exact) mass is 254 g/mol. The predicted molar refractivity (Wildman–Crippen MR) is 71.4 cm³/mol. The van der Waals surface area contributed by atoms with E-state index < -0.39 is 5.60 Å². The van der Waals surface area contributed by atoms with Gasteiger partial charge in [0.05, 0.1) is 5.60 Å². The van der Waals surface area contributed by atoms with E-state index in [1.807, 2.05) is 0 Å². The minimum absolute atomic E-state index is 0.117. The lowest BCUT2D eigenvalue weighted by Crippen LogP contribution is -2.49. The first-order valence-electron chi connectivity index (χ1n) is 7.34. The van der Waals surface area contributed by atoms with E-state index in [0.29, 0.717) is 18.5 Å². The lowest BCUT2D eigenvalue weighted by molar-refractivity contribution is -0.00956.